The van der Waals surface area contributed by atoms with E-state index in [1.807, 2.05) is 6.07 Å². The molecule has 2 amide bonds. The van der Waals surface area contributed by atoms with Crippen LogP contribution in [0.4, 0.5) is 0 Å². The predicted molar refractivity (Wildman–Crippen MR) is 99.1 cm³/mol. The summed E-state index contributed by atoms with van der Waals surface area (Å²) in [5.41, 5.74) is 6.79. The molecular weight excluding hydrogens is 344 g/mol. The van der Waals surface area contributed by atoms with Crippen LogP contribution in [0.2, 0.25) is 0 Å². The van der Waals surface area contributed by atoms with Gasteiger partial charge in [-0.2, -0.15) is 0 Å². The van der Waals surface area contributed by atoms with Gasteiger partial charge in [-0.1, -0.05) is 35.5 Å². The molecule has 0 aliphatic carbocycles. The first-order valence-electron chi connectivity index (χ1n) is 9.42. The molecule has 2 saturated heterocycles. The van der Waals surface area contributed by atoms with Crippen LogP contribution in [0.15, 0.2) is 41.1 Å². The van der Waals surface area contributed by atoms with Gasteiger partial charge in [-0.25, -0.2) is 0 Å². The van der Waals surface area contributed by atoms with E-state index in [0.29, 0.717) is 24.9 Å². The normalized spacial score (nSPS) is 22.1. The highest BCUT2D eigenvalue weighted by Gasteiger charge is 2.42. The maximum atomic E-state index is 12.7. The lowest BCUT2D eigenvalue weighted by Gasteiger charge is -2.21. The van der Waals surface area contributed by atoms with Crippen molar-refractivity contribution in [2.45, 2.75) is 12.8 Å². The number of hydrogen-bond acceptors (Lipinski definition) is 5. The minimum Gasteiger partial charge on any atom is -0.363 e. The Bertz CT molecular complexity index is 806. The van der Waals surface area contributed by atoms with Crippen LogP contribution in [0.5, 0.6) is 0 Å². The molecule has 0 bridgehead atoms. The molecular formula is C20H24N4O3. The van der Waals surface area contributed by atoms with E-state index in [0.717, 1.165) is 32.5 Å². The van der Waals surface area contributed by atoms with Crippen molar-refractivity contribution in [1.82, 2.24) is 15.0 Å². The number of likely N-dealkylation sites (tertiary alicyclic amines) is 2. The van der Waals surface area contributed by atoms with E-state index >= 15 is 0 Å². The maximum Gasteiger partial charge on any atom is 0.288 e. The Morgan fingerprint density at radius 2 is 1.81 bits per heavy atom. The van der Waals surface area contributed by atoms with Gasteiger partial charge in [0.05, 0.1) is 6.20 Å². The molecule has 7 heteroatoms. The van der Waals surface area contributed by atoms with Gasteiger partial charge in [-0.15, -0.1) is 0 Å². The number of aromatic nitrogens is 1. The first-order chi connectivity index (χ1) is 13.1. The van der Waals surface area contributed by atoms with Crippen molar-refractivity contribution in [2.75, 3.05) is 32.7 Å². The average molecular weight is 368 g/mol. The molecule has 2 fully saturated rings. The summed E-state index contributed by atoms with van der Waals surface area (Å²) in [6, 6.07) is 10.6. The molecule has 2 atom stereocenters. The molecule has 2 aliphatic heterocycles. The van der Waals surface area contributed by atoms with Crippen molar-refractivity contribution in [2.24, 2.45) is 17.6 Å². The maximum absolute atomic E-state index is 12.7. The molecule has 1 aromatic heterocycles. The fourth-order valence-corrected chi connectivity index (χ4v) is 4.33. The lowest BCUT2D eigenvalue weighted by atomic mass is 10.0. The molecule has 142 valence electrons. The lowest BCUT2D eigenvalue weighted by molar-refractivity contribution is 0.0765. The molecule has 4 rings (SSSR count). The van der Waals surface area contributed by atoms with Crippen molar-refractivity contribution in [3.63, 3.8) is 0 Å². The third kappa shape index (κ3) is 3.73. The van der Waals surface area contributed by atoms with Gasteiger partial charge < -0.3 is 20.1 Å². The molecule has 0 radical (unpaired) electrons. The highest BCUT2D eigenvalue weighted by atomic mass is 16.5. The number of benzene rings is 1. The highest BCUT2D eigenvalue weighted by molar-refractivity contribution is 6.04. The monoisotopic (exact) mass is 368 g/mol. The summed E-state index contributed by atoms with van der Waals surface area (Å²) in [4.78, 5) is 28.3. The molecule has 7 nitrogen and oxygen atoms in total. The Balaban J connectivity index is 1.27. The van der Waals surface area contributed by atoms with Gasteiger partial charge in [-0.05, 0) is 36.8 Å². The number of fused-ring (bicyclic) bond motifs is 1. The minimum atomic E-state index is -0.764. The second-order valence-corrected chi connectivity index (χ2v) is 7.51. The standard InChI is InChI=1S/C20H24N4O3/c21-19(25)18-17(9-22-27-18)20(26)24-12-15-10-23(11-16(15)13-24)8-4-7-14-5-2-1-3-6-14/h1-3,5-6,9,15-16H,4,7-8,10-13H2,(H2,21,25)/t15-,16?/m0/s1. The molecule has 2 aromatic rings. The van der Waals surface area contributed by atoms with E-state index in [4.69, 9.17) is 10.3 Å². The summed E-state index contributed by atoms with van der Waals surface area (Å²) < 4.78 is 4.82. The van der Waals surface area contributed by atoms with Crippen LogP contribution in [0.1, 0.15) is 32.9 Å². The largest absolute Gasteiger partial charge is 0.363 e. The summed E-state index contributed by atoms with van der Waals surface area (Å²) in [5, 5.41) is 3.55. The second kappa shape index (κ2) is 7.52. The summed E-state index contributed by atoms with van der Waals surface area (Å²) in [5.74, 6) is -0.153. The van der Waals surface area contributed by atoms with Crippen LogP contribution in [-0.4, -0.2) is 59.5 Å². The first-order valence-corrected chi connectivity index (χ1v) is 9.42. The topological polar surface area (TPSA) is 92.7 Å². The number of hydrogen-bond donors (Lipinski definition) is 1. The summed E-state index contributed by atoms with van der Waals surface area (Å²) in [6.07, 6.45) is 3.53. The van der Waals surface area contributed by atoms with Gasteiger partial charge >= 0.3 is 0 Å². The first kappa shape index (κ1) is 17.7. The number of rotatable bonds is 6. The quantitative estimate of drug-likeness (QED) is 0.832. The van der Waals surface area contributed by atoms with Gasteiger partial charge in [-0.3, -0.25) is 9.59 Å². The van der Waals surface area contributed by atoms with Crippen molar-refractivity contribution in [1.29, 1.82) is 0 Å². The van der Waals surface area contributed by atoms with E-state index in [1.165, 1.54) is 11.8 Å². The average Bonchev–Trinajstić information content (AvgIpc) is 3.36. The number of amides is 2. The van der Waals surface area contributed by atoms with E-state index in [2.05, 4.69) is 34.3 Å². The molecule has 27 heavy (non-hydrogen) atoms. The van der Waals surface area contributed by atoms with Crippen LogP contribution >= 0.6 is 0 Å². The third-order valence-corrected chi connectivity index (χ3v) is 5.66. The van der Waals surface area contributed by atoms with Gasteiger partial charge in [0.1, 0.15) is 5.56 Å². The Labute approximate surface area is 158 Å². The number of carbonyl (C=O) groups excluding carboxylic acids is 2. The van der Waals surface area contributed by atoms with Crippen LogP contribution in [0.25, 0.3) is 0 Å². The van der Waals surface area contributed by atoms with Crippen molar-refractivity contribution in [3.8, 4) is 0 Å². The summed E-state index contributed by atoms with van der Waals surface area (Å²) >= 11 is 0. The number of nitrogens with zero attached hydrogens (tertiary/aromatic N) is 3. The van der Waals surface area contributed by atoms with Gasteiger partial charge in [0.2, 0.25) is 5.76 Å². The highest BCUT2D eigenvalue weighted by Crippen LogP contribution is 2.32. The van der Waals surface area contributed by atoms with Gasteiger partial charge in [0.15, 0.2) is 0 Å². The molecule has 1 aromatic carbocycles. The van der Waals surface area contributed by atoms with Gasteiger partial charge in [0, 0.05) is 26.2 Å². The number of aryl methyl sites for hydroxylation is 1. The fraction of sp³-hybridized carbons (Fsp3) is 0.450. The number of carbonyl (C=O) groups is 2. The molecule has 0 spiro atoms. The predicted octanol–water partition coefficient (Wildman–Crippen LogP) is 1.41. The van der Waals surface area contributed by atoms with E-state index in [-0.39, 0.29) is 17.2 Å². The number of primary amides is 1. The van der Waals surface area contributed by atoms with E-state index in [1.54, 1.807) is 4.90 Å². The van der Waals surface area contributed by atoms with Crippen molar-refractivity contribution in [3.05, 3.63) is 53.4 Å². The van der Waals surface area contributed by atoms with Crippen molar-refractivity contribution < 1.29 is 14.1 Å². The van der Waals surface area contributed by atoms with Crippen molar-refractivity contribution >= 4 is 11.8 Å². The zero-order valence-electron chi connectivity index (χ0n) is 15.2. The summed E-state index contributed by atoms with van der Waals surface area (Å²) in [7, 11) is 0. The third-order valence-electron chi connectivity index (χ3n) is 5.66. The summed E-state index contributed by atoms with van der Waals surface area (Å²) in [6.45, 7) is 4.56. The lowest BCUT2D eigenvalue weighted by Crippen LogP contribution is -2.34. The Kier molecular flexibility index (Phi) is 4.94. The van der Waals surface area contributed by atoms with Crippen LogP contribution in [0.3, 0.4) is 0 Å². The fourth-order valence-electron chi connectivity index (χ4n) is 4.33. The van der Waals surface area contributed by atoms with Crippen LogP contribution in [0, 0.1) is 11.8 Å². The molecule has 2 N–H and O–H groups in total. The van der Waals surface area contributed by atoms with E-state index < -0.39 is 5.91 Å². The Morgan fingerprint density at radius 3 is 2.48 bits per heavy atom. The number of nitrogens with two attached hydrogens (primary N) is 1. The minimum absolute atomic E-state index is 0.153. The Morgan fingerprint density at radius 1 is 1.11 bits per heavy atom. The Hall–Kier alpha value is -2.67. The molecule has 3 heterocycles. The molecule has 0 saturated carbocycles. The second-order valence-electron chi connectivity index (χ2n) is 7.51. The molecule has 2 aliphatic rings. The zero-order chi connectivity index (χ0) is 18.8. The van der Waals surface area contributed by atoms with E-state index in [9.17, 15) is 9.59 Å². The molecule has 1 unspecified atom stereocenters. The SMILES string of the molecule is NC(=O)c1oncc1C(=O)N1CC2CN(CCCc3ccccc3)C[C@H]2C1. The van der Waals surface area contributed by atoms with Gasteiger partial charge in [0.25, 0.3) is 11.8 Å². The van der Waals surface area contributed by atoms with Crippen LogP contribution in [-0.2, 0) is 6.42 Å². The van der Waals surface area contributed by atoms with Crippen LogP contribution < -0.4 is 5.73 Å². The zero-order valence-corrected chi connectivity index (χ0v) is 15.2. The smallest absolute Gasteiger partial charge is 0.288 e.